The van der Waals surface area contributed by atoms with E-state index < -0.39 is 4.92 Å². The van der Waals surface area contributed by atoms with E-state index in [0.717, 1.165) is 28.0 Å². The Morgan fingerprint density at radius 1 is 1.33 bits per heavy atom. The van der Waals surface area contributed by atoms with Gasteiger partial charge in [-0.25, -0.2) is 0 Å². The van der Waals surface area contributed by atoms with E-state index in [4.69, 9.17) is 0 Å². The van der Waals surface area contributed by atoms with Gasteiger partial charge in [0.2, 0.25) is 0 Å². The molecule has 1 aromatic carbocycles. The van der Waals surface area contributed by atoms with Crippen LogP contribution in [0.2, 0.25) is 0 Å². The number of aromatic amines is 1. The van der Waals surface area contributed by atoms with Crippen LogP contribution in [0.1, 0.15) is 11.4 Å². The molecule has 106 valence electrons. The average Bonchev–Trinajstić information content (AvgIpc) is 2.97. The van der Waals surface area contributed by atoms with E-state index in [-0.39, 0.29) is 5.69 Å². The molecule has 0 saturated carbocycles. The number of hydrogen-bond acceptors (Lipinski definition) is 5. The first-order valence-corrected chi connectivity index (χ1v) is 6.41. The van der Waals surface area contributed by atoms with Crippen molar-refractivity contribution in [2.24, 2.45) is 0 Å². The third-order valence-electron chi connectivity index (χ3n) is 3.16. The van der Waals surface area contributed by atoms with E-state index in [0.29, 0.717) is 6.54 Å². The molecule has 0 amide bonds. The maximum Gasteiger partial charge on any atom is 0.270 e. The quantitative estimate of drug-likeness (QED) is 0.567. The monoisotopic (exact) mass is 283 g/mol. The normalized spacial score (nSPS) is 10.7. The van der Waals surface area contributed by atoms with Gasteiger partial charge in [-0.15, -0.1) is 0 Å². The second kappa shape index (κ2) is 5.20. The number of non-ortho nitro benzene ring substituents is 1. The van der Waals surface area contributed by atoms with Gasteiger partial charge in [0.05, 0.1) is 22.7 Å². The van der Waals surface area contributed by atoms with Crippen molar-refractivity contribution in [3.63, 3.8) is 0 Å². The predicted molar refractivity (Wildman–Crippen MR) is 79.0 cm³/mol. The first-order valence-electron chi connectivity index (χ1n) is 6.41. The standard InChI is InChI=1S/C14H13N5O2/c1-9-6-14(15-8-10-4-5-16-18-10)12-7-11(19(20)21)2-3-13(12)17-9/h2-7H,8H2,1H3,(H,15,17)(H,16,18). The third kappa shape index (κ3) is 2.66. The number of anilines is 1. The molecule has 2 N–H and O–H groups in total. The summed E-state index contributed by atoms with van der Waals surface area (Å²) in [5, 5.41) is 21.7. The van der Waals surface area contributed by atoms with Crippen molar-refractivity contribution < 1.29 is 4.92 Å². The van der Waals surface area contributed by atoms with Gasteiger partial charge in [0.15, 0.2) is 0 Å². The number of rotatable bonds is 4. The largest absolute Gasteiger partial charge is 0.379 e. The number of benzene rings is 1. The molecular weight excluding hydrogens is 270 g/mol. The summed E-state index contributed by atoms with van der Waals surface area (Å²) < 4.78 is 0. The molecule has 2 heterocycles. The molecule has 7 nitrogen and oxygen atoms in total. The zero-order chi connectivity index (χ0) is 14.8. The van der Waals surface area contributed by atoms with Crippen LogP contribution in [-0.2, 0) is 6.54 Å². The highest BCUT2D eigenvalue weighted by Gasteiger charge is 2.10. The van der Waals surface area contributed by atoms with Crippen LogP contribution in [0.15, 0.2) is 36.5 Å². The number of fused-ring (bicyclic) bond motifs is 1. The van der Waals surface area contributed by atoms with Gasteiger partial charge in [0.25, 0.3) is 5.69 Å². The fraction of sp³-hybridized carbons (Fsp3) is 0.143. The summed E-state index contributed by atoms with van der Waals surface area (Å²) in [6.45, 7) is 2.45. The molecule has 0 atom stereocenters. The summed E-state index contributed by atoms with van der Waals surface area (Å²) in [4.78, 5) is 14.9. The van der Waals surface area contributed by atoms with Crippen LogP contribution in [0, 0.1) is 17.0 Å². The summed E-state index contributed by atoms with van der Waals surface area (Å²) >= 11 is 0. The van der Waals surface area contributed by atoms with Crippen LogP contribution in [0.25, 0.3) is 10.9 Å². The lowest BCUT2D eigenvalue weighted by molar-refractivity contribution is -0.384. The van der Waals surface area contributed by atoms with Gasteiger partial charge < -0.3 is 5.32 Å². The topological polar surface area (TPSA) is 96.7 Å². The van der Waals surface area contributed by atoms with Crippen LogP contribution in [-0.4, -0.2) is 20.1 Å². The molecule has 21 heavy (non-hydrogen) atoms. The van der Waals surface area contributed by atoms with E-state index in [2.05, 4.69) is 20.5 Å². The number of nitro benzene ring substituents is 1. The second-order valence-electron chi connectivity index (χ2n) is 4.71. The number of pyridine rings is 1. The Labute approximate surface area is 120 Å². The van der Waals surface area contributed by atoms with Gasteiger partial charge in [0, 0.05) is 35.1 Å². The van der Waals surface area contributed by atoms with Gasteiger partial charge in [-0.2, -0.15) is 5.10 Å². The van der Waals surface area contributed by atoms with Crippen molar-refractivity contribution in [1.29, 1.82) is 0 Å². The number of nitro groups is 1. The molecule has 0 saturated heterocycles. The van der Waals surface area contributed by atoms with Crippen LogP contribution < -0.4 is 5.32 Å². The zero-order valence-corrected chi connectivity index (χ0v) is 11.3. The number of H-pyrrole nitrogens is 1. The Bertz CT molecular complexity index is 798. The Kier molecular flexibility index (Phi) is 3.23. The van der Waals surface area contributed by atoms with E-state index in [9.17, 15) is 10.1 Å². The summed E-state index contributed by atoms with van der Waals surface area (Å²) in [6, 6.07) is 8.42. The van der Waals surface area contributed by atoms with E-state index in [1.807, 2.05) is 19.1 Å². The summed E-state index contributed by atoms with van der Waals surface area (Å²) in [5.74, 6) is 0. The number of aromatic nitrogens is 3. The number of nitrogens with one attached hydrogen (secondary N) is 2. The molecule has 3 aromatic rings. The lowest BCUT2D eigenvalue weighted by Gasteiger charge is -2.10. The average molecular weight is 283 g/mol. The lowest BCUT2D eigenvalue weighted by Crippen LogP contribution is -2.02. The highest BCUT2D eigenvalue weighted by molar-refractivity contribution is 5.93. The third-order valence-corrected chi connectivity index (χ3v) is 3.16. The minimum Gasteiger partial charge on any atom is -0.379 e. The van der Waals surface area contributed by atoms with Crippen molar-refractivity contribution in [2.45, 2.75) is 13.5 Å². The minimum absolute atomic E-state index is 0.0535. The maximum absolute atomic E-state index is 10.9. The molecule has 7 heteroatoms. The Balaban J connectivity index is 2.02. The van der Waals surface area contributed by atoms with Crippen molar-refractivity contribution in [2.75, 3.05) is 5.32 Å². The number of hydrogen-bond donors (Lipinski definition) is 2. The minimum atomic E-state index is -0.405. The van der Waals surface area contributed by atoms with E-state index in [1.54, 1.807) is 12.3 Å². The predicted octanol–water partition coefficient (Wildman–Crippen LogP) is 2.79. The van der Waals surface area contributed by atoms with Gasteiger partial charge in [-0.3, -0.25) is 20.2 Å². The smallest absolute Gasteiger partial charge is 0.270 e. The molecule has 3 rings (SSSR count). The maximum atomic E-state index is 10.9. The molecule has 0 unspecified atom stereocenters. The molecule has 0 radical (unpaired) electrons. The van der Waals surface area contributed by atoms with Gasteiger partial charge in [-0.1, -0.05) is 0 Å². The first-order chi connectivity index (χ1) is 10.1. The van der Waals surface area contributed by atoms with Gasteiger partial charge in [-0.05, 0) is 25.1 Å². The lowest BCUT2D eigenvalue weighted by atomic mass is 10.1. The molecule has 0 fully saturated rings. The fourth-order valence-electron chi connectivity index (χ4n) is 2.18. The molecule has 0 bridgehead atoms. The van der Waals surface area contributed by atoms with Crippen molar-refractivity contribution in [3.8, 4) is 0 Å². The van der Waals surface area contributed by atoms with Crippen LogP contribution >= 0.6 is 0 Å². The zero-order valence-electron chi connectivity index (χ0n) is 11.3. The fourth-order valence-corrected chi connectivity index (χ4v) is 2.18. The summed E-state index contributed by atoms with van der Waals surface area (Å²) in [5.41, 5.74) is 3.38. The summed E-state index contributed by atoms with van der Waals surface area (Å²) in [6.07, 6.45) is 1.68. The number of aryl methyl sites for hydroxylation is 1. The SMILES string of the molecule is Cc1cc(NCc2ccn[nH]2)c2cc([N+](=O)[O-])ccc2n1. The summed E-state index contributed by atoms with van der Waals surface area (Å²) in [7, 11) is 0. The van der Waals surface area contributed by atoms with Crippen molar-refractivity contribution >= 4 is 22.3 Å². The molecule has 2 aromatic heterocycles. The molecule has 0 aliphatic rings. The van der Waals surface area contributed by atoms with Gasteiger partial charge >= 0.3 is 0 Å². The van der Waals surface area contributed by atoms with Crippen LogP contribution in [0.5, 0.6) is 0 Å². The first kappa shape index (κ1) is 13.0. The highest BCUT2D eigenvalue weighted by atomic mass is 16.6. The van der Waals surface area contributed by atoms with Crippen LogP contribution in [0.4, 0.5) is 11.4 Å². The Morgan fingerprint density at radius 3 is 2.90 bits per heavy atom. The second-order valence-corrected chi connectivity index (χ2v) is 4.71. The Morgan fingerprint density at radius 2 is 2.19 bits per heavy atom. The molecule has 0 spiro atoms. The van der Waals surface area contributed by atoms with E-state index in [1.165, 1.54) is 12.1 Å². The highest BCUT2D eigenvalue weighted by Crippen LogP contribution is 2.27. The molecule has 0 aliphatic heterocycles. The van der Waals surface area contributed by atoms with Crippen molar-refractivity contribution in [3.05, 3.63) is 58.0 Å². The van der Waals surface area contributed by atoms with Crippen LogP contribution in [0.3, 0.4) is 0 Å². The van der Waals surface area contributed by atoms with Gasteiger partial charge in [0.1, 0.15) is 0 Å². The molecular formula is C14H13N5O2. The molecule has 0 aliphatic carbocycles. The Hall–Kier alpha value is -2.96. The van der Waals surface area contributed by atoms with E-state index >= 15 is 0 Å². The number of nitrogens with zero attached hydrogens (tertiary/aromatic N) is 3. The van der Waals surface area contributed by atoms with Crippen molar-refractivity contribution in [1.82, 2.24) is 15.2 Å².